The van der Waals surface area contributed by atoms with Crippen LogP contribution in [0.2, 0.25) is 0 Å². The monoisotopic (exact) mass is 246 g/mol. The van der Waals surface area contributed by atoms with Gasteiger partial charge in [0, 0.05) is 6.54 Å². The van der Waals surface area contributed by atoms with Crippen LogP contribution < -0.4 is 10.6 Å². The molecule has 0 aromatic carbocycles. The Kier molecular flexibility index (Phi) is 5.97. The van der Waals surface area contributed by atoms with Crippen LogP contribution in [-0.2, 0) is 4.79 Å². The molecular weight excluding hydrogens is 233 g/mol. The number of hydrogen-bond acceptors (Lipinski definition) is 2. The van der Waals surface area contributed by atoms with Crippen LogP contribution in [0.4, 0.5) is 13.2 Å². The number of piperidine rings is 1. The van der Waals surface area contributed by atoms with Crippen LogP contribution in [0, 0.1) is 5.92 Å². The molecule has 0 radical (unpaired) electrons. The molecule has 0 aromatic rings. The molecule has 0 spiro atoms. The Morgan fingerprint density at radius 2 is 2.13 bits per heavy atom. The van der Waals surface area contributed by atoms with Crippen molar-refractivity contribution in [3.63, 3.8) is 0 Å². The molecule has 15 heavy (non-hydrogen) atoms. The van der Waals surface area contributed by atoms with Gasteiger partial charge in [0.25, 0.3) is 0 Å². The van der Waals surface area contributed by atoms with Gasteiger partial charge in [-0.1, -0.05) is 0 Å². The lowest BCUT2D eigenvalue weighted by atomic mass is 9.99. The summed E-state index contributed by atoms with van der Waals surface area (Å²) in [5, 5.41) is 4.86. The first-order chi connectivity index (χ1) is 6.49. The molecule has 2 N–H and O–H groups in total. The summed E-state index contributed by atoms with van der Waals surface area (Å²) in [7, 11) is 0. The predicted molar refractivity (Wildman–Crippen MR) is 51.9 cm³/mol. The number of carbonyl (C=O) groups is 1. The average Bonchev–Trinajstić information content (AvgIpc) is 2.14. The zero-order valence-corrected chi connectivity index (χ0v) is 8.88. The van der Waals surface area contributed by atoms with E-state index in [2.05, 4.69) is 5.32 Å². The standard InChI is InChI=1S/C8H13F3N2O.ClH/c9-8(10,11)5-13-7(14)6-2-1-3-12-4-6;/h6,12H,1-5H2,(H,13,14);1H. The maximum atomic E-state index is 11.8. The van der Waals surface area contributed by atoms with Gasteiger partial charge in [-0.3, -0.25) is 4.79 Å². The number of rotatable bonds is 2. The van der Waals surface area contributed by atoms with E-state index in [-0.39, 0.29) is 18.3 Å². The highest BCUT2D eigenvalue weighted by Gasteiger charge is 2.29. The molecule has 7 heteroatoms. The molecule has 1 aliphatic heterocycles. The molecule has 0 aliphatic carbocycles. The lowest BCUT2D eigenvalue weighted by molar-refractivity contribution is -0.141. The maximum Gasteiger partial charge on any atom is 0.405 e. The summed E-state index contributed by atoms with van der Waals surface area (Å²) in [5.41, 5.74) is 0. The molecule has 3 nitrogen and oxygen atoms in total. The van der Waals surface area contributed by atoms with E-state index in [1.807, 2.05) is 5.32 Å². The van der Waals surface area contributed by atoms with Crippen molar-refractivity contribution >= 4 is 18.3 Å². The highest BCUT2D eigenvalue weighted by atomic mass is 35.5. The van der Waals surface area contributed by atoms with Crippen LogP contribution >= 0.6 is 12.4 Å². The number of amides is 1. The Balaban J connectivity index is 0.00000196. The Bertz CT molecular complexity index is 205. The molecule has 1 amide bonds. The van der Waals surface area contributed by atoms with E-state index >= 15 is 0 Å². The van der Waals surface area contributed by atoms with E-state index in [9.17, 15) is 18.0 Å². The zero-order valence-electron chi connectivity index (χ0n) is 8.06. The fraction of sp³-hybridized carbons (Fsp3) is 0.875. The summed E-state index contributed by atoms with van der Waals surface area (Å²) < 4.78 is 35.3. The summed E-state index contributed by atoms with van der Waals surface area (Å²) in [6.45, 7) is 0.0784. The Hall–Kier alpha value is -0.490. The van der Waals surface area contributed by atoms with Gasteiger partial charge in [-0.2, -0.15) is 13.2 Å². The normalized spacial score (nSPS) is 21.7. The largest absolute Gasteiger partial charge is 0.405 e. The van der Waals surface area contributed by atoms with Gasteiger partial charge in [0.1, 0.15) is 6.54 Å². The lowest BCUT2D eigenvalue weighted by Gasteiger charge is -2.22. The van der Waals surface area contributed by atoms with Crippen molar-refractivity contribution in [3.8, 4) is 0 Å². The van der Waals surface area contributed by atoms with Gasteiger partial charge in [-0.25, -0.2) is 0 Å². The SMILES string of the molecule is Cl.O=C(NCC(F)(F)F)C1CCCNC1. The average molecular weight is 247 g/mol. The van der Waals surface area contributed by atoms with Gasteiger partial charge in [0.05, 0.1) is 5.92 Å². The topological polar surface area (TPSA) is 41.1 Å². The summed E-state index contributed by atoms with van der Waals surface area (Å²) in [5.74, 6) is -0.819. The van der Waals surface area contributed by atoms with Crippen molar-refractivity contribution in [2.75, 3.05) is 19.6 Å². The highest BCUT2D eigenvalue weighted by molar-refractivity contribution is 5.85. The van der Waals surface area contributed by atoms with Crippen LogP contribution in [0.15, 0.2) is 0 Å². The van der Waals surface area contributed by atoms with Crippen LogP contribution in [0.25, 0.3) is 0 Å². The first-order valence-electron chi connectivity index (χ1n) is 4.54. The van der Waals surface area contributed by atoms with Crippen molar-refractivity contribution in [1.29, 1.82) is 0 Å². The van der Waals surface area contributed by atoms with Gasteiger partial charge in [-0.05, 0) is 19.4 Å². The van der Waals surface area contributed by atoms with Gasteiger partial charge in [0.15, 0.2) is 0 Å². The minimum Gasteiger partial charge on any atom is -0.347 e. The molecule has 1 fully saturated rings. The third-order valence-corrected chi connectivity index (χ3v) is 2.13. The second-order valence-corrected chi connectivity index (χ2v) is 3.38. The smallest absolute Gasteiger partial charge is 0.347 e. The first-order valence-corrected chi connectivity index (χ1v) is 4.54. The summed E-state index contributed by atoms with van der Waals surface area (Å²) in [4.78, 5) is 11.2. The summed E-state index contributed by atoms with van der Waals surface area (Å²) in [6.07, 6.45) is -2.82. The molecule has 1 saturated heterocycles. The van der Waals surface area contributed by atoms with Crippen molar-refractivity contribution in [3.05, 3.63) is 0 Å². The molecular formula is C8H14ClF3N2O. The molecule has 1 atom stereocenters. The molecule has 1 aliphatic rings. The molecule has 1 heterocycles. The van der Waals surface area contributed by atoms with Crippen molar-refractivity contribution in [2.24, 2.45) is 5.92 Å². The van der Waals surface area contributed by atoms with Gasteiger partial charge in [-0.15, -0.1) is 12.4 Å². The number of carbonyl (C=O) groups excluding carboxylic acids is 1. The van der Waals surface area contributed by atoms with Crippen molar-refractivity contribution in [2.45, 2.75) is 19.0 Å². The van der Waals surface area contributed by atoms with E-state index < -0.39 is 18.6 Å². The quantitative estimate of drug-likeness (QED) is 0.766. The van der Waals surface area contributed by atoms with Crippen LogP contribution in [0.3, 0.4) is 0 Å². The fourth-order valence-corrected chi connectivity index (χ4v) is 1.41. The number of alkyl halides is 3. The minimum absolute atomic E-state index is 0. The van der Waals surface area contributed by atoms with Crippen molar-refractivity contribution < 1.29 is 18.0 Å². The molecule has 90 valence electrons. The van der Waals surface area contributed by atoms with E-state index in [0.717, 1.165) is 13.0 Å². The van der Waals surface area contributed by atoms with Crippen LogP contribution in [0.1, 0.15) is 12.8 Å². The number of halogens is 4. The number of nitrogens with one attached hydrogen (secondary N) is 2. The molecule has 0 bridgehead atoms. The highest BCUT2D eigenvalue weighted by Crippen LogP contribution is 2.14. The molecule has 1 unspecified atom stereocenters. The van der Waals surface area contributed by atoms with Crippen LogP contribution in [-0.4, -0.2) is 31.7 Å². The third-order valence-electron chi connectivity index (χ3n) is 2.13. The maximum absolute atomic E-state index is 11.8. The van der Waals surface area contributed by atoms with E-state index in [0.29, 0.717) is 13.0 Å². The third kappa shape index (κ3) is 5.84. The van der Waals surface area contributed by atoms with Crippen LogP contribution in [0.5, 0.6) is 0 Å². The van der Waals surface area contributed by atoms with E-state index in [1.54, 1.807) is 0 Å². The van der Waals surface area contributed by atoms with E-state index in [1.165, 1.54) is 0 Å². The first kappa shape index (κ1) is 14.5. The van der Waals surface area contributed by atoms with Gasteiger partial charge >= 0.3 is 6.18 Å². The zero-order chi connectivity index (χ0) is 10.6. The molecule has 0 saturated carbocycles. The Morgan fingerprint density at radius 1 is 1.47 bits per heavy atom. The van der Waals surface area contributed by atoms with E-state index in [4.69, 9.17) is 0 Å². The second kappa shape index (κ2) is 6.17. The lowest BCUT2D eigenvalue weighted by Crippen LogP contribution is -2.43. The summed E-state index contributed by atoms with van der Waals surface area (Å²) in [6, 6.07) is 0. The molecule has 0 aromatic heterocycles. The number of hydrogen-bond donors (Lipinski definition) is 2. The second-order valence-electron chi connectivity index (χ2n) is 3.38. The molecule has 1 rings (SSSR count). The van der Waals surface area contributed by atoms with Gasteiger partial charge in [0.2, 0.25) is 5.91 Å². The van der Waals surface area contributed by atoms with Gasteiger partial charge < -0.3 is 10.6 Å². The Morgan fingerprint density at radius 3 is 2.60 bits per heavy atom. The minimum atomic E-state index is -4.32. The summed E-state index contributed by atoms with van der Waals surface area (Å²) >= 11 is 0. The van der Waals surface area contributed by atoms with Crippen molar-refractivity contribution in [1.82, 2.24) is 10.6 Å². The fourth-order valence-electron chi connectivity index (χ4n) is 1.41. The predicted octanol–water partition coefficient (Wildman–Crippen LogP) is 1.09. The Labute approximate surface area is 92.2 Å².